The summed E-state index contributed by atoms with van der Waals surface area (Å²) >= 11 is 0. The number of nitrogens with one attached hydrogen (secondary N) is 2. The summed E-state index contributed by atoms with van der Waals surface area (Å²) in [5.74, 6) is 0. The second kappa shape index (κ2) is 21.5. The predicted octanol–water partition coefficient (Wildman–Crippen LogP) is 6.36. The molecule has 0 bridgehead atoms. The van der Waals surface area contributed by atoms with Crippen LogP contribution in [0.2, 0.25) is 0 Å². The van der Waals surface area contributed by atoms with Crippen LogP contribution in [-0.4, -0.2) is 19.1 Å². The Bertz CT molecular complexity index is 804. The van der Waals surface area contributed by atoms with Gasteiger partial charge in [0, 0.05) is 0 Å². The first-order chi connectivity index (χ1) is 17.5. The Balaban J connectivity index is 0.00000684. The summed E-state index contributed by atoms with van der Waals surface area (Å²) in [5.41, 5.74) is 1.14. The van der Waals surface area contributed by atoms with E-state index < -0.39 is 10.1 Å². The number of anilines is 2. The van der Waals surface area contributed by atoms with Crippen LogP contribution in [0.5, 0.6) is 0 Å². The number of unbranched alkanes of at least 4 members (excludes halogenated alkanes) is 20. The van der Waals surface area contributed by atoms with Crippen molar-refractivity contribution in [3.63, 3.8) is 0 Å². The van der Waals surface area contributed by atoms with Gasteiger partial charge in [-0.25, -0.2) is 8.42 Å². The summed E-state index contributed by atoms with van der Waals surface area (Å²) in [5, 5.41) is 6.48. The van der Waals surface area contributed by atoms with Crippen LogP contribution in [0.3, 0.4) is 0 Å². The third-order valence-electron chi connectivity index (χ3n) is 7.54. The number of hydrogen-bond acceptors (Lipinski definition) is 5. The zero-order valence-corrected chi connectivity index (χ0v) is 26.8. The van der Waals surface area contributed by atoms with Gasteiger partial charge < -0.3 is 15.2 Å². The molecule has 7 heteroatoms. The molecule has 208 valence electrons. The molecule has 1 aliphatic heterocycles. The zero-order valence-electron chi connectivity index (χ0n) is 24.0. The van der Waals surface area contributed by atoms with E-state index in [2.05, 4.69) is 17.6 Å². The van der Waals surface area contributed by atoms with Gasteiger partial charge in [-0.05, 0) is 25.0 Å². The molecule has 1 atom stereocenters. The molecule has 0 radical (unpaired) electrons. The van der Waals surface area contributed by atoms with Crippen LogP contribution in [-0.2, 0) is 10.1 Å². The molecule has 1 aliphatic rings. The van der Waals surface area contributed by atoms with Crippen LogP contribution in [0.15, 0.2) is 23.1 Å². The fourth-order valence-corrected chi connectivity index (χ4v) is 6.00. The van der Waals surface area contributed by atoms with Gasteiger partial charge in [-0.15, -0.1) is 0 Å². The fourth-order valence-electron chi connectivity index (χ4n) is 5.33. The number of hydrogen-bond donors (Lipinski definition) is 2. The summed E-state index contributed by atoms with van der Waals surface area (Å²) in [6.45, 7) is 2.29. The molecule has 0 aromatic heterocycles. The summed E-state index contributed by atoms with van der Waals surface area (Å²) in [4.78, 5) is -0.159. The minimum atomic E-state index is -4.46. The van der Waals surface area contributed by atoms with Gasteiger partial charge in [0.05, 0.1) is 22.4 Å². The molecule has 0 amide bonds. The second-order valence-electron chi connectivity index (χ2n) is 10.8. The zero-order chi connectivity index (χ0) is 25.9. The van der Waals surface area contributed by atoms with E-state index in [4.69, 9.17) is 0 Å². The Kier molecular flexibility index (Phi) is 20.2. The van der Waals surface area contributed by atoms with Crippen LogP contribution in [0.1, 0.15) is 148 Å². The Hall–Kier alpha value is -0.270. The van der Waals surface area contributed by atoms with E-state index >= 15 is 0 Å². The Morgan fingerprint density at radius 1 is 0.649 bits per heavy atom. The SMILES string of the molecule is CCCCCCCCCCCCCCCCCCCCCCCC1Nc2cccc(S(=O)(=O)[O-])c2N1.[Na+]. The van der Waals surface area contributed by atoms with Crippen LogP contribution >= 0.6 is 0 Å². The maximum Gasteiger partial charge on any atom is 1.00 e. The minimum Gasteiger partial charge on any atom is -0.744 e. The van der Waals surface area contributed by atoms with Crippen molar-refractivity contribution in [2.24, 2.45) is 0 Å². The largest absolute Gasteiger partial charge is 1.00 e. The molecule has 1 unspecified atom stereocenters. The van der Waals surface area contributed by atoms with Gasteiger partial charge in [-0.1, -0.05) is 141 Å². The van der Waals surface area contributed by atoms with Gasteiger partial charge >= 0.3 is 29.6 Å². The van der Waals surface area contributed by atoms with Crippen molar-refractivity contribution in [1.82, 2.24) is 0 Å². The molecular formula is C30H53N2NaO3S. The molecule has 1 aromatic rings. The smallest absolute Gasteiger partial charge is 0.744 e. The predicted molar refractivity (Wildman–Crippen MR) is 153 cm³/mol. The molecule has 37 heavy (non-hydrogen) atoms. The molecule has 0 fully saturated rings. The number of rotatable bonds is 23. The number of fused-ring (bicyclic) bond motifs is 1. The Morgan fingerprint density at radius 2 is 1.05 bits per heavy atom. The first-order valence-corrected chi connectivity index (χ1v) is 16.5. The summed E-state index contributed by atoms with van der Waals surface area (Å²) < 4.78 is 34.3. The maximum absolute atomic E-state index is 11.4. The summed E-state index contributed by atoms with van der Waals surface area (Å²) in [6, 6.07) is 4.80. The van der Waals surface area contributed by atoms with Crippen molar-refractivity contribution in [3.05, 3.63) is 18.2 Å². The quantitative estimate of drug-likeness (QED) is 0.0952. The van der Waals surface area contributed by atoms with Crippen LogP contribution in [0.25, 0.3) is 0 Å². The average molecular weight is 545 g/mol. The van der Waals surface area contributed by atoms with Crippen molar-refractivity contribution in [1.29, 1.82) is 0 Å². The van der Waals surface area contributed by atoms with Crippen molar-refractivity contribution in [2.75, 3.05) is 10.6 Å². The molecule has 0 aliphatic carbocycles. The standard InChI is InChI=1S/C30H54N2O3S.Na/c1-2-3-4-5-6-7-8-9-10-11-12-13-14-15-16-17-18-19-20-21-22-26-29-31-27-24-23-25-28(30(27)32-29)36(33,34)35;/h23-25,29,31-32H,2-22,26H2,1H3,(H,33,34,35);/q;+1/p-1. The van der Waals surface area contributed by atoms with E-state index in [0.717, 1.165) is 12.8 Å². The number of benzene rings is 1. The molecule has 2 rings (SSSR count). The van der Waals surface area contributed by atoms with E-state index in [1.165, 1.54) is 134 Å². The van der Waals surface area contributed by atoms with Gasteiger partial charge in [0.2, 0.25) is 0 Å². The fraction of sp³-hybridized carbons (Fsp3) is 0.800. The van der Waals surface area contributed by atoms with Gasteiger partial charge in [-0.3, -0.25) is 0 Å². The van der Waals surface area contributed by atoms with E-state index in [1.807, 2.05) is 6.07 Å². The van der Waals surface area contributed by atoms with Crippen molar-refractivity contribution in [2.45, 2.75) is 159 Å². The molecule has 0 spiro atoms. The summed E-state index contributed by atoms with van der Waals surface area (Å²) in [6.07, 6.45) is 29.9. The van der Waals surface area contributed by atoms with Crippen LogP contribution in [0, 0.1) is 0 Å². The molecule has 1 aromatic carbocycles. The summed E-state index contributed by atoms with van der Waals surface area (Å²) in [7, 11) is -4.46. The van der Waals surface area contributed by atoms with E-state index in [9.17, 15) is 13.0 Å². The molecule has 2 N–H and O–H groups in total. The molecule has 5 nitrogen and oxygen atoms in total. The minimum absolute atomic E-state index is 0. The van der Waals surface area contributed by atoms with Crippen molar-refractivity contribution in [3.8, 4) is 0 Å². The average Bonchev–Trinajstić information content (AvgIpc) is 3.27. The van der Waals surface area contributed by atoms with Crippen LogP contribution < -0.4 is 40.2 Å². The molecular weight excluding hydrogens is 491 g/mol. The third kappa shape index (κ3) is 15.8. The topological polar surface area (TPSA) is 81.3 Å². The third-order valence-corrected chi connectivity index (χ3v) is 8.42. The van der Waals surface area contributed by atoms with Crippen molar-refractivity contribution >= 4 is 21.5 Å². The van der Waals surface area contributed by atoms with E-state index in [1.54, 1.807) is 6.07 Å². The van der Waals surface area contributed by atoms with Crippen LogP contribution in [0.4, 0.5) is 11.4 Å². The van der Waals surface area contributed by atoms with Gasteiger partial charge in [0.1, 0.15) is 10.1 Å². The molecule has 0 saturated heterocycles. The second-order valence-corrected chi connectivity index (χ2v) is 12.2. The van der Waals surface area contributed by atoms with E-state index in [-0.39, 0.29) is 40.6 Å². The molecule has 1 heterocycles. The van der Waals surface area contributed by atoms with Gasteiger partial charge in [0.25, 0.3) is 0 Å². The Labute approximate surface area is 250 Å². The van der Waals surface area contributed by atoms with E-state index in [0.29, 0.717) is 11.4 Å². The monoisotopic (exact) mass is 544 g/mol. The normalized spacial score (nSPS) is 14.6. The molecule has 0 saturated carbocycles. The van der Waals surface area contributed by atoms with Gasteiger partial charge in [0.15, 0.2) is 0 Å². The Morgan fingerprint density at radius 3 is 1.46 bits per heavy atom. The van der Waals surface area contributed by atoms with Gasteiger partial charge in [-0.2, -0.15) is 0 Å². The maximum atomic E-state index is 11.4. The first-order valence-electron chi connectivity index (χ1n) is 15.1. The number of para-hydroxylation sites is 1. The first kappa shape index (κ1) is 34.8. The van der Waals surface area contributed by atoms with Crippen molar-refractivity contribution < 1.29 is 42.5 Å².